The molecule has 41 heavy (non-hydrogen) atoms. The normalized spacial score (nSPS) is 13.7. The van der Waals surface area contributed by atoms with Crippen molar-refractivity contribution in [2.24, 2.45) is 7.05 Å². The zero-order chi connectivity index (χ0) is 28.9. The second-order valence-electron chi connectivity index (χ2n) is 10.5. The van der Waals surface area contributed by atoms with Gasteiger partial charge in [-0.05, 0) is 84.6 Å². The highest BCUT2D eigenvalue weighted by molar-refractivity contribution is 5.99. The lowest BCUT2D eigenvalue weighted by Gasteiger charge is -2.31. The Morgan fingerprint density at radius 1 is 0.854 bits per heavy atom. The van der Waals surface area contributed by atoms with E-state index in [1.165, 1.54) is 6.07 Å². The van der Waals surface area contributed by atoms with Crippen LogP contribution in [0.3, 0.4) is 0 Å². The molecule has 2 heterocycles. The minimum Gasteiger partial charge on any atom is -0.478 e. The van der Waals surface area contributed by atoms with E-state index in [9.17, 15) is 24.6 Å². The fourth-order valence-electron chi connectivity index (χ4n) is 5.15. The molecular formula is C33H33N3O5. The number of nitrogens with zero attached hydrogens (tertiary/aromatic N) is 2. The van der Waals surface area contributed by atoms with Gasteiger partial charge in [0.15, 0.2) is 11.6 Å². The third kappa shape index (κ3) is 6.73. The van der Waals surface area contributed by atoms with Crippen LogP contribution in [0.25, 0.3) is 0 Å². The first kappa shape index (κ1) is 27.9. The van der Waals surface area contributed by atoms with Crippen LogP contribution >= 0.6 is 0 Å². The van der Waals surface area contributed by atoms with Gasteiger partial charge in [0.2, 0.25) is 0 Å². The van der Waals surface area contributed by atoms with Crippen LogP contribution in [0.2, 0.25) is 0 Å². The molecule has 0 spiro atoms. The summed E-state index contributed by atoms with van der Waals surface area (Å²) in [4.78, 5) is 39.8. The van der Waals surface area contributed by atoms with Gasteiger partial charge in [0.1, 0.15) is 0 Å². The number of carboxylic acids is 1. The number of hydrogen-bond donors (Lipinski definition) is 3. The average molecular weight is 552 g/mol. The van der Waals surface area contributed by atoms with Crippen LogP contribution in [0.5, 0.6) is 0 Å². The highest BCUT2D eigenvalue weighted by Crippen LogP contribution is 2.25. The molecule has 8 nitrogen and oxygen atoms in total. The zero-order valence-electron chi connectivity index (χ0n) is 22.9. The summed E-state index contributed by atoms with van der Waals surface area (Å²) in [6, 6.07) is 23.3. The molecule has 0 amide bonds. The van der Waals surface area contributed by atoms with Gasteiger partial charge in [0, 0.05) is 56.1 Å². The lowest BCUT2D eigenvalue weighted by atomic mass is 9.99. The molecular weight excluding hydrogens is 518 g/mol. The van der Waals surface area contributed by atoms with Crippen molar-refractivity contribution in [3.05, 3.63) is 113 Å². The molecule has 1 aliphatic heterocycles. The summed E-state index contributed by atoms with van der Waals surface area (Å²) in [5.74, 6) is -1.17. The summed E-state index contributed by atoms with van der Waals surface area (Å²) in [7, 11) is 1.84. The molecule has 0 bridgehead atoms. The number of benzene rings is 3. The molecule has 5 rings (SSSR count). The van der Waals surface area contributed by atoms with E-state index in [-0.39, 0.29) is 36.1 Å². The minimum atomic E-state index is -1.09. The average Bonchev–Trinajstić information content (AvgIpc) is 3.41. The Bertz CT molecular complexity index is 1550. The van der Waals surface area contributed by atoms with Crippen molar-refractivity contribution in [3.8, 4) is 0 Å². The largest absolute Gasteiger partial charge is 0.478 e. The number of rotatable bonds is 10. The molecule has 1 aromatic heterocycles. The maximum Gasteiger partial charge on any atom is 0.337 e. The highest BCUT2D eigenvalue weighted by atomic mass is 16.4. The van der Waals surface area contributed by atoms with Crippen LogP contribution in [-0.4, -0.2) is 51.5 Å². The van der Waals surface area contributed by atoms with E-state index in [2.05, 4.69) is 10.2 Å². The first-order valence-corrected chi connectivity index (χ1v) is 13.7. The smallest absolute Gasteiger partial charge is 0.337 e. The molecule has 1 fully saturated rings. The first-order valence-electron chi connectivity index (χ1n) is 13.7. The van der Waals surface area contributed by atoms with Crippen molar-refractivity contribution in [1.29, 1.82) is 0 Å². The first-order chi connectivity index (χ1) is 19.8. The Hall–Kier alpha value is -4.69. The number of carbonyl (C=O) groups excluding carboxylic acids is 2. The molecule has 1 saturated heterocycles. The predicted octanol–water partition coefficient (Wildman–Crippen LogP) is 5.28. The van der Waals surface area contributed by atoms with Crippen LogP contribution in [-0.2, 0) is 19.9 Å². The predicted molar refractivity (Wildman–Crippen MR) is 159 cm³/mol. The second-order valence-corrected chi connectivity index (χ2v) is 10.5. The maximum absolute atomic E-state index is 13.0. The van der Waals surface area contributed by atoms with Crippen LogP contribution in [0.1, 0.15) is 55.2 Å². The van der Waals surface area contributed by atoms with Gasteiger partial charge in [-0.25, -0.2) is 4.79 Å². The van der Waals surface area contributed by atoms with Crippen molar-refractivity contribution < 1.29 is 24.6 Å². The molecule has 3 aromatic carbocycles. The highest BCUT2D eigenvalue weighted by Gasteiger charge is 2.18. The second kappa shape index (κ2) is 12.2. The number of piperidine rings is 1. The van der Waals surface area contributed by atoms with Crippen LogP contribution in [0.15, 0.2) is 85.1 Å². The minimum absolute atomic E-state index is 0.0233. The Labute approximate surface area is 238 Å². The molecule has 210 valence electrons. The van der Waals surface area contributed by atoms with Gasteiger partial charge >= 0.3 is 5.97 Å². The number of ketones is 2. The third-order valence-electron chi connectivity index (χ3n) is 7.53. The Kier molecular flexibility index (Phi) is 8.31. The summed E-state index contributed by atoms with van der Waals surface area (Å²) in [5.41, 5.74) is 4.88. The van der Waals surface area contributed by atoms with Gasteiger partial charge in [-0.2, -0.15) is 0 Å². The number of anilines is 3. The number of hydrogen-bond acceptors (Lipinski definition) is 6. The standard InChI is InChI=1S/C33H33N3O5/c1-35-16-2-3-30(35)32(39)20-22-4-9-25(10-5-22)34-29-13-6-23(19-28(29)33(40)41)21-31(38)24-7-11-26(12-8-24)36-17-14-27(37)15-18-36/h2-13,16,19,27,34,37H,14-15,17-18,20-21H2,1H3,(H,40,41). The molecule has 4 aromatic rings. The SMILES string of the molecule is Cn1cccc1C(=O)Cc1ccc(Nc2ccc(CC(=O)c3ccc(N4CCC(O)CC4)cc3)cc2C(=O)O)cc1. The number of aromatic carboxylic acids is 1. The number of aromatic nitrogens is 1. The van der Waals surface area contributed by atoms with Gasteiger partial charge in [-0.1, -0.05) is 18.2 Å². The summed E-state index contributed by atoms with van der Waals surface area (Å²) in [6.07, 6.45) is 3.41. The number of nitrogens with one attached hydrogen (secondary N) is 1. The van der Waals surface area contributed by atoms with E-state index in [4.69, 9.17) is 0 Å². The summed E-state index contributed by atoms with van der Waals surface area (Å²) >= 11 is 0. The molecule has 1 aliphatic rings. The van der Waals surface area contributed by atoms with Gasteiger partial charge in [0.25, 0.3) is 0 Å². The van der Waals surface area contributed by atoms with Crippen LogP contribution in [0.4, 0.5) is 17.1 Å². The summed E-state index contributed by atoms with van der Waals surface area (Å²) < 4.78 is 1.79. The van der Waals surface area contributed by atoms with Crippen LogP contribution in [0, 0.1) is 0 Å². The third-order valence-corrected chi connectivity index (χ3v) is 7.53. The lowest BCUT2D eigenvalue weighted by molar-refractivity contribution is 0.0697. The van der Waals surface area contributed by atoms with Gasteiger partial charge in [-0.3, -0.25) is 9.59 Å². The molecule has 0 atom stereocenters. The van der Waals surface area contributed by atoms with Crippen molar-refractivity contribution in [3.63, 3.8) is 0 Å². The van der Waals surface area contributed by atoms with Gasteiger partial charge in [-0.15, -0.1) is 0 Å². The van der Waals surface area contributed by atoms with Gasteiger partial charge in [0.05, 0.1) is 23.0 Å². The molecule has 0 unspecified atom stereocenters. The maximum atomic E-state index is 13.0. The number of aliphatic hydroxyl groups excluding tert-OH is 1. The number of carbonyl (C=O) groups is 3. The van der Waals surface area contributed by atoms with E-state index in [1.54, 1.807) is 34.9 Å². The molecule has 0 radical (unpaired) electrons. The number of aliphatic hydroxyl groups is 1. The Morgan fingerprint density at radius 2 is 1.51 bits per heavy atom. The fourth-order valence-corrected chi connectivity index (χ4v) is 5.15. The Balaban J connectivity index is 1.23. The Morgan fingerprint density at radius 3 is 2.15 bits per heavy atom. The van der Waals surface area contributed by atoms with E-state index in [1.807, 2.05) is 55.7 Å². The van der Waals surface area contributed by atoms with E-state index >= 15 is 0 Å². The quantitative estimate of drug-likeness (QED) is 0.230. The topological polar surface area (TPSA) is 112 Å². The molecule has 0 aliphatic carbocycles. The lowest BCUT2D eigenvalue weighted by Crippen LogP contribution is -2.35. The van der Waals surface area contributed by atoms with Gasteiger partial charge < -0.3 is 25.0 Å². The van der Waals surface area contributed by atoms with E-state index in [0.717, 1.165) is 37.2 Å². The molecule has 3 N–H and O–H groups in total. The van der Waals surface area contributed by atoms with Crippen molar-refractivity contribution in [2.75, 3.05) is 23.3 Å². The summed E-state index contributed by atoms with van der Waals surface area (Å²) in [6.45, 7) is 1.57. The van der Waals surface area contributed by atoms with Crippen molar-refractivity contribution >= 4 is 34.6 Å². The number of carboxylic acid groups (broad SMARTS) is 1. The van der Waals surface area contributed by atoms with E-state index < -0.39 is 5.97 Å². The number of aryl methyl sites for hydroxylation is 1. The number of Topliss-reactive ketones (excluding diaryl/α,β-unsaturated/α-hetero) is 2. The monoisotopic (exact) mass is 551 g/mol. The van der Waals surface area contributed by atoms with Crippen molar-refractivity contribution in [1.82, 2.24) is 4.57 Å². The van der Waals surface area contributed by atoms with E-state index in [0.29, 0.717) is 28.2 Å². The molecule has 0 saturated carbocycles. The fraction of sp³-hybridized carbons (Fsp3) is 0.242. The molecule has 8 heteroatoms. The summed E-state index contributed by atoms with van der Waals surface area (Å²) in [5, 5.41) is 22.7. The van der Waals surface area contributed by atoms with Crippen LogP contribution < -0.4 is 10.2 Å². The van der Waals surface area contributed by atoms with Crippen molar-refractivity contribution in [2.45, 2.75) is 31.8 Å². The zero-order valence-corrected chi connectivity index (χ0v) is 22.9.